The zero-order chi connectivity index (χ0) is 14.6. The Labute approximate surface area is 122 Å². The largest absolute Gasteiger partial charge is 0.480 e. The lowest BCUT2D eigenvalue weighted by atomic mass is 10.1. The third kappa shape index (κ3) is 5.20. The molecule has 0 radical (unpaired) electrons. The van der Waals surface area contributed by atoms with Crippen LogP contribution in [-0.4, -0.2) is 17.6 Å². The minimum atomic E-state index is -0.556. The predicted octanol–water partition coefficient (Wildman–Crippen LogP) is 2.59. The molecule has 4 nitrogen and oxygen atoms in total. The van der Waals surface area contributed by atoms with Crippen LogP contribution in [0.1, 0.15) is 33.3 Å². The van der Waals surface area contributed by atoms with Crippen LogP contribution in [0.5, 0.6) is 5.75 Å². The number of hydrogen-bond acceptors (Lipinski definition) is 3. The van der Waals surface area contributed by atoms with Gasteiger partial charge in [-0.05, 0) is 61.3 Å². The van der Waals surface area contributed by atoms with Gasteiger partial charge in [0.25, 0.3) is 5.91 Å². The van der Waals surface area contributed by atoms with Crippen LogP contribution < -0.4 is 15.8 Å². The predicted molar refractivity (Wildman–Crippen MR) is 80.0 cm³/mol. The van der Waals surface area contributed by atoms with Crippen LogP contribution in [0, 0.1) is 0 Å². The number of carbonyl (C=O) groups excluding carboxylic acids is 1. The molecule has 3 N–H and O–H groups in total. The Kier molecular flexibility index (Phi) is 5.38. The van der Waals surface area contributed by atoms with Crippen molar-refractivity contribution < 1.29 is 9.53 Å². The van der Waals surface area contributed by atoms with Crippen LogP contribution in [0.25, 0.3) is 0 Å². The van der Waals surface area contributed by atoms with Gasteiger partial charge in [0.15, 0.2) is 6.10 Å². The van der Waals surface area contributed by atoms with E-state index in [1.807, 2.05) is 39.0 Å². The summed E-state index contributed by atoms with van der Waals surface area (Å²) in [6, 6.07) is 5.59. The van der Waals surface area contributed by atoms with Crippen LogP contribution in [0.4, 0.5) is 0 Å². The molecule has 0 spiro atoms. The number of hydrogen-bond donors (Lipinski definition) is 2. The smallest absolute Gasteiger partial charge is 0.261 e. The van der Waals surface area contributed by atoms with Gasteiger partial charge >= 0.3 is 0 Å². The van der Waals surface area contributed by atoms with Gasteiger partial charge in [0.2, 0.25) is 0 Å². The fraction of sp³-hybridized carbons (Fsp3) is 0.500. The normalized spacial score (nSPS) is 12.9. The Morgan fingerprint density at radius 2 is 2.11 bits per heavy atom. The maximum atomic E-state index is 11.9. The van der Waals surface area contributed by atoms with Crippen molar-refractivity contribution in [1.29, 1.82) is 0 Å². The molecule has 0 saturated heterocycles. The van der Waals surface area contributed by atoms with Crippen molar-refractivity contribution in [3.8, 4) is 5.75 Å². The highest BCUT2D eigenvalue weighted by Gasteiger charge is 2.21. The van der Waals surface area contributed by atoms with Crippen molar-refractivity contribution in [3.05, 3.63) is 28.2 Å². The Bertz CT molecular complexity index is 455. The maximum absolute atomic E-state index is 11.9. The summed E-state index contributed by atoms with van der Waals surface area (Å²) >= 11 is 3.41. The Hall–Kier alpha value is -1.07. The van der Waals surface area contributed by atoms with Crippen molar-refractivity contribution >= 4 is 21.8 Å². The second kappa shape index (κ2) is 6.39. The molecule has 1 aromatic carbocycles. The average molecular weight is 329 g/mol. The topological polar surface area (TPSA) is 64.3 Å². The summed E-state index contributed by atoms with van der Waals surface area (Å²) in [5.41, 5.74) is 6.30. The molecule has 19 heavy (non-hydrogen) atoms. The third-order valence-corrected chi connectivity index (χ3v) is 3.02. The van der Waals surface area contributed by atoms with E-state index >= 15 is 0 Å². The summed E-state index contributed by atoms with van der Waals surface area (Å²) in [5.74, 6) is 0.496. The molecule has 0 heterocycles. The number of rotatable bonds is 4. The van der Waals surface area contributed by atoms with E-state index in [9.17, 15) is 4.79 Å². The van der Waals surface area contributed by atoms with Crippen molar-refractivity contribution in [2.75, 3.05) is 0 Å². The van der Waals surface area contributed by atoms with Crippen LogP contribution in [0.2, 0.25) is 0 Å². The summed E-state index contributed by atoms with van der Waals surface area (Å²) in [5, 5.41) is 2.88. The molecular formula is C14H21BrN2O2. The van der Waals surface area contributed by atoms with Crippen molar-refractivity contribution in [2.45, 2.75) is 45.9 Å². The van der Waals surface area contributed by atoms with Crippen LogP contribution >= 0.6 is 15.9 Å². The number of nitrogens with one attached hydrogen (secondary N) is 1. The monoisotopic (exact) mass is 328 g/mol. The van der Waals surface area contributed by atoms with E-state index < -0.39 is 6.10 Å². The SMILES string of the molecule is CC(Oc1ccc(CN)cc1Br)C(=O)NC(C)(C)C. The zero-order valence-corrected chi connectivity index (χ0v) is 13.4. The molecule has 0 fully saturated rings. The van der Waals surface area contributed by atoms with E-state index in [1.54, 1.807) is 6.92 Å². The second-order valence-electron chi connectivity index (χ2n) is 5.47. The summed E-state index contributed by atoms with van der Waals surface area (Å²) in [6.45, 7) is 8.00. The molecule has 0 aliphatic carbocycles. The summed E-state index contributed by atoms with van der Waals surface area (Å²) < 4.78 is 6.45. The molecule has 1 rings (SSSR count). The molecule has 1 unspecified atom stereocenters. The maximum Gasteiger partial charge on any atom is 0.261 e. The standard InChI is InChI=1S/C14H21BrN2O2/c1-9(13(18)17-14(2,3)4)19-12-6-5-10(8-16)7-11(12)15/h5-7,9H,8,16H2,1-4H3,(H,17,18). The molecule has 1 amide bonds. The first kappa shape index (κ1) is 16.0. The van der Waals surface area contributed by atoms with Crippen molar-refractivity contribution in [2.24, 2.45) is 5.73 Å². The molecule has 0 saturated carbocycles. The van der Waals surface area contributed by atoms with Crippen LogP contribution in [0.15, 0.2) is 22.7 Å². The van der Waals surface area contributed by atoms with E-state index in [-0.39, 0.29) is 11.4 Å². The lowest BCUT2D eigenvalue weighted by Crippen LogP contribution is -2.46. The highest BCUT2D eigenvalue weighted by atomic mass is 79.9. The minimum absolute atomic E-state index is 0.137. The van der Waals surface area contributed by atoms with E-state index in [4.69, 9.17) is 10.5 Å². The lowest BCUT2D eigenvalue weighted by molar-refractivity contribution is -0.128. The highest BCUT2D eigenvalue weighted by Crippen LogP contribution is 2.26. The summed E-state index contributed by atoms with van der Waals surface area (Å²) in [4.78, 5) is 11.9. The van der Waals surface area contributed by atoms with Gasteiger partial charge in [-0.1, -0.05) is 6.07 Å². The first-order chi connectivity index (χ1) is 8.73. The van der Waals surface area contributed by atoms with Gasteiger partial charge in [0.05, 0.1) is 4.47 Å². The highest BCUT2D eigenvalue weighted by molar-refractivity contribution is 9.10. The first-order valence-corrected chi connectivity index (χ1v) is 6.99. The molecule has 1 aromatic rings. The Morgan fingerprint density at radius 1 is 1.47 bits per heavy atom. The molecule has 0 aromatic heterocycles. The first-order valence-electron chi connectivity index (χ1n) is 6.20. The summed E-state index contributed by atoms with van der Waals surface area (Å²) in [6.07, 6.45) is -0.556. The molecule has 0 bridgehead atoms. The van der Waals surface area contributed by atoms with Gasteiger partial charge < -0.3 is 15.8 Å². The summed E-state index contributed by atoms with van der Waals surface area (Å²) in [7, 11) is 0. The average Bonchev–Trinajstić information content (AvgIpc) is 2.29. The quantitative estimate of drug-likeness (QED) is 0.892. The fourth-order valence-electron chi connectivity index (χ4n) is 1.48. The van der Waals surface area contributed by atoms with Gasteiger partial charge in [0, 0.05) is 12.1 Å². The number of benzene rings is 1. The minimum Gasteiger partial charge on any atom is -0.480 e. The Morgan fingerprint density at radius 3 is 2.58 bits per heavy atom. The molecule has 5 heteroatoms. The van der Waals surface area contributed by atoms with Gasteiger partial charge in [-0.3, -0.25) is 4.79 Å². The van der Waals surface area contributed by atoms with E-state index in [2.05, 4.69) is 21.2 Å². The molecule has 0 aliphatic heterocycles. The molecular weight excluding hydrogens is 308 g/mol. The van der Waals surface area contributed by atoms with E-state index in [0.29, 0.717) is 12.3 Å². The van der Waals surface area contributed by atoms with Crippen LogP contribution in [-0.2, 0) is 11.3 Å². The van der Waals surface area contributed by atoms with Crippen LogP contribution in [0.3, 0.4) is 0 Å². The molecule has 106 valence electrons. The second-order valence-corrected chi connectivity index (χ2v) is 6.32. The number of amides is 1. The van der Waals surface area contributed by atoms with Gasteiger partial charge in [-0.15, -0.1) is 0 Å². The van der Waals surface area contributed by atoms with Gasteiger partial charge in [0.1, 0.15) is 5.75 Å². The molecule has 0 aliphatic rings. The zero-order valence-electron chi connectivity index (χ0n) is 11.8. The van der Waals surface area contributed by atoms with E-state index in [0.717, 1.165) is 10.0 Å². The Balaban J connectivity index is 2.71. The number of halogens is 1. The van der Waals surface area contributed by atoms with Gasteiger partial charge in [-0.25, -0.2) is 0 Å². The fourth-order valence-corrected chi connectivity index (χ4v) is 2.00. The number of carbonyl (C=O) groups is 1. The number of nitrogens with two attached hydrogens (primary N) is 1. The molecule has 1 atom stereocenters. The van der Waals surface area contributed by atoms with Crippen molar-refractivity contribution in [1.82, 2.24) is 5.32 Å². The lowest BCUT2D eigenvalue weighted by Gasteiger charge is -2.24. The number of ether oxygens (including phenoxy) is 1. The van der Waals surface area contributed by atoms with Crippen molar-refractivity contribution in [3.63, 3.8) is 0 Å². The van der Waals surface area contributed by atoms with Gasteiger partial charge in [-0.2, -0.15) is 0 Å². The van der Waals surface area contributed by atoms with E-state index in [1.165, 1.54) is 0 Å². The third-order valence-electron chi connectivity index (χ3n) is 2.40.